The van der Waals surface area contributed by atoms with Gasteiger partial charge in [0.2, 0.25) is 0 Å². The topological polar surface area (TPSA) is 13.1 Å². The molecule has 57 heavy (non-hydrogen) atoms. The first-order chi connectivity index (χ1) is 33.2. The molecule has 0 aliphatic heterocycles. The van der Waals surface area contributed by atoms with E-state index in [-0.39, 0.29) is 44.2 Å². The highest BCUT2D eigenvalue weighted by Gasteiger charge is 2.22. The Balaban J connectivity index is 1.27. The molecule has 1 heterocycles. The lowest BCUT2D eigenvalue weighted by Gasteiger charge is -2.22. The zero-order valence-corrected chi connectivity index (χ0v) is 30.0. The van der Waals surface area contributed by atoms with Gasteiger partial charge in [-0.25, -0.2) is 0 Å². The van der Waals surface area contributed by atoms with Gasteiger partial charge in [0.05, 0.1) is 16.4 Å². The SMILES string of the molecule is [2H]c1c([2H])c([2H])c(-c2c(-c3c([2H])c([2H])c4oc5c([2H])c([2H])c([2H])c([2H])c5c4c3[2H])cc(-c3ccc4ccc5cccc6ccc3c4c56)cc2-c2ccc3ccc4cccc5ccc2c3c45)c([2H])c1[2H]. The predicted octanol–water partition coefficient (Wildman–Crippen LogP) is 16.0. The van der Waals surface area contributed by atoms with E-state index < -0.39 is 72.5 Å². The molecule has 1 nitrogen and oxygen atoms in total. The predicted molar refractivity (Wildman–Crippen MR) is 243 cm³/mol. The summed E-state index contributed by atoms with van der Waals surface area (Å²) in [4.78, 5) is 0. The van der Waals surface area contributed by atoms with Crippen LogP contribution in [0.4, 0.5) is 0 Å². The summed E-state index contributed by atoms with van der Waals surface area (Å²) in [5.41, 5.74) is 1.85. The van der Waals surface area contributed by atoms with Crippen LogP contribution in [0.5, 0.6) is 0 Å². The van der Waals surface area contributed by atoms with Crippen molar-refractivity contribution in [2.24, 2.45) is 0 Å². The van der Waals surface area contributed by atoms with Crippen LogP contribution in [0.1, 0.15) is 16.4 Å². The minimum absolute atomic E-state index is 0.109. The molecule has 262 valence electrons. The molecule has 0 spiro atoms. The highest BCUT2D eigenvalue weighted by atomic mass is 16.3. The summed E-state index contributed by atoms with van der Waals surface area (Å²) in [5.74, 6) is 0. The Morgan fingerprint density at radius 2 is 0.860 bits per heavy atom. The molecule has 12 aromatic carbocycles. The molecule has 0 saturated heterocycles. The Bertz CT molecular complexity index is 4400. The van der Waals surface area contributed by atoms with E-state index in [1.807, 2.05) is 54.6 Å². The van der Waals surface area contributed by atoms with Crippen LogP contribution in [0.2, 0.25) is 0 Å². The molecule has 0 aliphatic carbocycles. The molecule has 13 rings (SSSR count). The number of benzene rings is 12. The van der Waals surface area contributed by atoms with Crippen LogP contribution in [0.25, 0.3) is 131 Å². The van der Waals surface area contributed by atoms with Gasteiger partial charge >= 0.3 is 0 Å². The van der Waals surface area contributed by atoms with Crippen molar-refractivity contribution in [1.82, 2.24) is 0 Å². The summed E-state index contributed by atoms with van der Waals surface area (Å²) in [6.07, 6.45) is 0. The van der Waals surface area contributed by atoms with E-state index in [0.717, 1.165) is 70.2 Å². The van der Waals surface area contributed by atoms with Crippen LogP contribution >= 0.6 is 0 Å². The molecule has 1 heteroatoms. The lowest BCUT2D eigenvalue weighted by molar-refractivity contribution is 0.669. The molecule has 0 saturated carbocycles. The number of furan rings is 1. The van der Waals surface area contributed by atoms with Gasteiger partial charge < -0.3 is 4.42 Å². The lowest BCUT2D eigenvalue weighted by Crippen LogP contribution is -1.95. The quantitative estimate of drug-likeness (QED) is 0.164. The van der Waals surface area contributed by atoms with Crippen molar-refractivity contribution in [3.63, 3.8) is 0 Å². The number of hydrogen-bond acceptors (Lipinski definition) is 1. The van der Waals surface area contributed by atoms with Crippen molar-refractivity contribution in [3.05, 3.63) is 194 Å². The average Bonchev–Trinajstić information content (AvgIpc) is 3.78. The lowest BCUT2D eigenvalue weighted by atomic mass is 9.81. The van der Waals surface area contributed by atoms with Crippen molar-refractivity contribution >= 4 is 86.6 Å². The van der Waals surface area contributed by atoms with Gasteiger partial charge in [-0.2, -0.15) is 0 Å². The second kappa shape index (κ2) is 11.5. The molecule has 0 atom stereocenters. The zero-order chi connectivity index (χ0) is 47.6. The van der Waals surface area contributed by atoms with Crippen LogP contribution in [-0.4, -0.2) is 0 Å². The summed E-state index contributed by atoms with van der Waals surface area (Å²) in [5, 5.41) is 11.7. The number of rotatable bonds is 4. The summed E-state index contributed by atoms with van der Waals surface area (Å²) in [6, 6.07) is 34.3. The van der Waals surface area contributed by atoms with E-state index in [9.17, 15) is 6.85 Å². The number of hydrogen-bond donors (Lipinski definition) is 0. The van der Waals surface area contributed by atoms with E-state index in [1.165, 1.54) is 0 Å². The van der Waals surface area contributed by atoms with Gasteiger partial charge in [0, 0.05) is 10.8 Å². The van der Waals surface area contributed by atoms with E-state index in [0.29, 0.717) is 16.7 Å². The van der Waals surface area contributed by atoms with E-state index >= 15 is 0 Å². The normalized spacial score (nSPS) is 15.2. The van der Waals surface area contributed by atoms with Gasteiger partial charge in [0.15, 0.2) is 0 Å². The van der Waals surface area contributed by atoms with Gasteiger partial charge in [0.25, 0.3) is 0 Å². The van der Waals surface area contributed by atoms with Gasteiger partial charge in [-0.1, -0.05) is 164 Å². The molecule has 1 aromatic heterocycles. The van der Waals surface area contributed by atoms with E-state index in [1.54, 1.807) is 6.07 Å². The van der Waals surface area contributed by atoms with Crippen molar-refractivity contribution in [1.29, 1.82) is 0 Å². The number of fused-ring (bicyclic) bond motifs is 3. The van der Waals surface area contributed by atoms with Crippen molar-refractivity contribution in [2.75, 3.05) is 0 Å². The first-order valence-electron chi connectivity index (χ1n) is 24.8. The molecule has 0 N–H and O–H groups in total. The van der Waals surface area contributed by atoms with Crippen LogP contribution in [0.3, 0.4) is 0 Å². The second-order valence-electron chi connectivity index (χ2n) is 14.6. The summed E-state index contributed by atoms with van der Waals surface area (Å²) < 4.78 is 116. The van der Waals surface area contributed by atoms with Crippen LogP contribution in [0.15, 0.2) is 198 Å². The largest absolute Gasteiger partial charge is 0.456 e. The molecule has 0 fully saturated rings. The van der Waals surface area contributed by atoms with Gasteiger partial charge in [-0.15, -0.1) is 0 Å². The smallest absolute Gasteiger partial charge is 0.135 e. The fourth-order valence-corrected chi connectivity index (χ4v) is 9.25. The van der Waals surface area contributed by atoms with Crippen LogP contribution in [-0.2, 0) is 0 Å². The van der Waals surface area contributed by atoms with Crippen molar-refractivity contribution in [3.8, 4) is 44.5 Å². The molecule has 0 bridgehead atoms. The fraction of sp³-hybridized carbons (Fsp3) is 0. The second-order valence-corrected chi connectivity index (χ2v) is 14.6. The zero-order valence-electron chi connectivity index (χ0n) is 42.0. The first kappa shape index (κ1) is 21.6. The Morgan fingerprint density at radius 3 is 1.54 bits per heavy atom. The van der Waals surface area contributed by atoms with E-state index in [4.69, 9.17) is 14.0 Å². The van der Waals surface area contributed by atoms with Gasteiger partial charge in [0.1, 0.15) is 11.2 Å². The minimum atomic E-state index is -0.596. The minimum Gasteiger partial charge on any atom is -0.456 e. The maximum Gasteiger partial charge on any atom is 0.135 e. The van der Waals surface area contributed by atoms with Gasteiger partial charge in [-0.05, 0) is 139 Å². The standard InChI is InChI=1S/C56H32O/c1-2-8-33(9-3-1)54-47(40-24-29-51-48(30-40)44-14-4-5-15-50(44)57-51)31-41(42-25-20-38-18-16-34-10-6-12-36-22-27-45(42)55(38)52(34)36)32-49(54)43-26-21-39-19-17-35-11-7-13-37-23-28-46(43)56(39)53(35)37/h1-32H/i1D,2D,3D,4D,5D,8D,9D,14D,15D,24D,29D,30D. The van der Waals surface area contributed by atoms with Crippen molar-refractivity contribution < 1.29 is 20.9 Å². The highest BCUT2D eigenvalue weighted by molar-refractivity contribution is 6.27. The Morgan fingerprint density at radius 1 is 0.333 bits per heavy atom. The Labute approximate surface area is 345 Å². The van der Waals surface area contributed by atoms with Gasteiger partial charge in [-0.3, -0.25) is 0 Å². The third kappa shape index (κ3) is 4.40. The molecule has 13 aromatic rings. The maximum absolute atomic E-state index is 10.1. The fourth-order valence-electron chi connectivity index (χ4n) is 9.25. The Kier molecular flexibility index (Phi) is 4.36. The van der Waals surface area contributed by atoms with Crippen LogP contribution < -0.4 is 0 Å². The average molecular weight is 733 g/mol. The van der Waals surface area contributed by atoms with E-state index in [2.05, 4.69) is 60.7 Å². The molecule has 0 amide bonds. The molecular formula is C56H32O. The molecule has 0 aliphatic rings. The Hall–Kier alpha value is -7.48. The molecule has 0 unspecified atom stereocenters. The summed E-state index contributed by atoms with van der Waals surface area (Å²) in [7, 11) is 0. The van der Waals surface area contributed by atoms with Crippen molar-refractivity contribution in [2.45, 2.75) is 0 Å². The highest BCUT2D eigenvalue weighted by Crippen LogP contribution is 2.49. The molecular weight excluding hydrogens is 689 g/mol. The van der Waals surface area contributed by atoms with Crippen LogP contribution in [0, 0.1) is 0 Å². The number of para-hydroxylation sites is 1. The first-order valence-corrected chi connectivity index (χ1v) is 18.8. The third-order valence-electron chi connectivity index (χ3n) is 11.7. The maximum atomic E-state index is 10.1. The monoisotopic (exact) mass is 732 g/mol. The molecule has 0 radical (unpaired) electrons. The third-order valence-corrected chi connectivity index (χ3v) is 11.7. The summed E-state index contributed by atoms with van der Waals surface area (Å²) in [6.45, 7) is 0. The summed E-state index contributed by atoms with van der Waals surface area (Å²) >= 11 is 0.